The first-order valence-electron chi connectivity index (χ1n) is 7.06. The molecule has 0 radical (unpaired) electrons. The summed E-state index contributed by atoms with van der Waals surface area (Å²) in [5, 5.41) is 20.7. The van der Waals surface area contributed by atoms with E-state index >= 15 is 0 Å². The van der Waals surface area contributed by atoms with Crippen molar-refractivity contribution >= 4 is 23.2 Å². The van der Waals surface area contributed by atoms with Crippen LogP contribution in [0.2, 0.25) is 10.0 Å². The van der Waals surface area contributed by atoms with Crippen LogP contribution in [0.3, 0.4) is 0 Å². The minimum absolute atomic E-state index is 0.364. The van der Waals surface area contributed by atoms with Crippen LogP contribution in [-0.2, 0) is 12.8 Å². The maximum atomic E-state index is 11.1. The number of hydrogen-bond donors (Lipinski definition) is 0. The molecule has 6 nitrogen and oxygen atoms in total. The summed E-state index contributed by atoms with van der Waals surface area (Å²) in [6.45, 7) is -0.364. The van der Waals surface area contributed by atoms with Gasteiger partial charge in [-0.1, -0.05) is 29.3 Å². The van der Waals surface area contributed by atoms with Crippen LogP contribution in [0.15, 0.2) is 18.2 Å². The van der Waals surface area contributed by atoms with E-state index in [4.69, 9.17) is 23.2 Å². The molecule has 116 valence electrons. The van der Waals surface area contributed by atoms with Crippen molar-refractivity contribution in [1.29, 1.82) is 0 Å². The summed E-state index contributed by atoms with van der Waals surface area (Å²) >= 11 is 12.4. The van der Waals surface area contributed by atoms with Gasteiger partial charge in [0.2, 0.25) is 6.54 Å². The Morgan fingerprint density at radius 2 is 1.73 bits per heavy atom. The van der Waals surface area contributed by atoms with Gasteiger partial charge in [-0.15, -0.1) is 0 Å². The lowest BCUT2D eigenvalue weighted by molar-refractivity contribution is -0.485. The van der Waals surface area contributed by atoms with E-state index in [0.717, 1.165) is 37.1 Å². The number of benzene rings is 1. The second-order valence-corrected chi connectivity index (χ2v) is 6.10. The fraction of sp³-hybridized carbons (Fsp3) is 0.429. The van der Waals surface area contributed by atoms with Crippen molar-refractivity contribution in [3.8, 4) is 0 Å². The molecule has 0 amide bonds. The molecule has 0 aliphatic heterocycles. The monoisotopic (exact) mass is 340 g/mol. The molecule has 1 aliphatic rings. The number of fused-ring (bicyclic) bond motifs is 1. The molecule has 1 aliphatic carbocycles. The molecule has 0 bridgehead atoms. The zero-order chi connectivity index (χ0) is 15.7. The van der Waals surface area contributed by atoms with Gasteiger partial charge in [0.15, 0.2) is 6.04 Å². The van der Waals surface area contributed by atoms with Gasteiger partial charge >= 0.3 is 0 Å². The molecule has 0 unspecified atom stereocenters. The lowest BCUT2D eigenvalue weighted by Gasteiger charge is -2.15. The number of halogens is 2. The fourth-order valence-corrected chi connectivity index (χ4v) is 3.40. The molecule has 0 spiro atoms. The molecular weight excluding hydrogens is 327 g/mol. The van der Waals surface area contributed by atoms with Crippen LogP contribution >= 0.6 is 23.2 Å². The lowest BCUT2D eigenvalue weighted by Crippen LogP contribution is -2.23. The van der Waals surface area contributed by atoms with E-state index in [-0.39, 0.29) is 6.54 Å². The summed E-state index contributed by atoms with van der Waals surface area (Å²) in [6.07, 6.45) is 3.85. The van der Waals surface area contributed by atoms with Gasteiger partial charge < -0.3 is 0 Å². The second-order valence-electron chi connectivity index (χ2n) is 5.29. The van der Waals surface area contributed by atoms with Crippen molar-refractivity contribution < 1.29 is 4.92 Å². The molecule has 3 rings (SSSR count). The second kappa shape index (κ2) is 6.22. The number of rotatable bonds is 4. The molecule has 22 heavy (non-hydrogen) atoms. The third-order valence-corrected chi connectivity index (χ3v) is 4.45. The van der Waals surface area contributed by atoms with Crippen LogP contribution in [0, 0.1) is 10.1 Å². The molecule has 1 atom stereocenters. The zero-order valence-corrected chi connectivity index (χ0v) is 13.2. The third-order valence-electron chi connectivity index (χ3n) is 3.79. The van der Waals surface area contributed by atoms with Gasteiger partial charge in [0.05, 0.1) is 11.4 Å². The maximum Gasteiger partial charge on any atom is 0.232 e. The number of aryl methyl sites for hydroxylation is 2. The maximum absolute atomic E-state index is 11.1. The fourth-order valence-electron chi connectivity index (χ4n) is 2.75. The predicted octanol–water partition coefficient (Wildman–Crippen LogP) is 3.33. The summed E-state index contributed by atoms with van der Waals surface area (Å²) in [5.74, 6) is 0. The normalized spacial score (nSPS) is 15.4. The van der Waals surface area contributed by atoms with Gasteiger partial charge in [-0.2, -0.15) is 15.0 Å². The summed E-state index contributed by atoms with van der Waals surface area (Å²) in [7, 11) is 0. The summed E-state index contributed by atoms with van der Waals surface area (Å²) in [5.41, 5.74) is 2.33. The van der Waals surface area contributed by atoms with E-state index in [1.165, 1.54) is 4.80 Å². The summed E-state index contributed by atoms with van der Waals surface area (Å²) in [6, 6.07) is 4.33. The first kappa shape index (κ1) is 15.2. The van der Waals surface area contributed by atoms with Crippen molar-refractivity contribution in [3.05, 3.63) is 55.3 Å². The van der Waals surface area contributed by atoms with Crippen LogP contribution in [0.4, 0.5) is 0 Å². The molecule has 1 aromatic heterocycles. The van der Waals surface area contributed by atoms with Gasteiger partial charge in [0.1, 0.15) is 0 Å². The molecule has 1 aromatic carbocycles. The van der Waals surface area contributed by atoms with E-state index in [2.05, 4.69) is 10.2 Å². The summed E-state index contributed by atoms with van der Waals surface area (Å²) < 4.78 is 0. The van der Waals surface area contributed by atoms with Gasteiger partial charge in [0.25, 0.3) is 0 Å². The Labute approximate surface area is 137 Å². The first-order chi connectivity index (χ1) is 10.6. The molecule has 1 heterocycles. The highest BCUT2D eigenvalue weighted by Gasteiger charge is 2.28. The minimum Gasteiger partial charge on any atom is -0.264 e. The van der Waals surface area contributed by atoms with E-state index in [1.807, 2.05) is 0 Å². The molecule has 0 saturated heterocycles. The molecule has 0 N–H and O–H groups in total. The van der Waals surface area contributed by atoms with E-state index < -0.39 is 11.0 Å². The Hall–Kier alpha value is -1.66. The highest BCUT2D eigenvalue weighted by atomic mass is 35.5. The lowest BCUT2D eigenvalue weighted by atomic mass is 10.0. The number of nitrogens with zero attached hydrogens (tertiary/aromatic N) is 4. The molecule has 0 fully saturated rings. The van der Waals surface area contributed by atoms with Crippen LogP contribution in [0.1, 0.15) is 35.8 Å². The smallest absolute Gasteiger partial charge is 0.232 e. The Morgan fingerprint density at radius 3 is 2.23 bits per heavy atom. The Bertz CT molecular complexity index is 673. The number of hydrogen-bond acceptors (Lipinski definition) is 4. The number of aromatic nitrogens is 3. The van der Waals surface area contributed by atoms with Crippen LogP contribution < -0.4 is 0 Å². The minimum atomic E-state index is -0.707. The van der Waals surface area contributed by atoms with Gasteiger partial charge in [-0.25, -0.2) is 0 Å². The molecule has 8 heteroatoms. The quantitative estimate of drug-likeness (QED) is 0.632. The standard InChI is InChI=1S/C14H14Cl2N4O2/c15-9-4-3-5-10(16)14(9)13(8-19(21)22)20-17-11-6-1-2-7-12(11)18-20/h3-5,13H,1-2,6-8H2/t13-/m1/s1. The molecular formula is C14H14Cl2N4O2. The Morgan fingerprint density at radius 1 is 1.18 bits per heavy atom. The van der Waals surface area contributed by atoms with Crippen molar-refractivity contribution in [2.75, 3.05) is 6.54 Å². The van der Waals surface area contributed by atoms with Gasteiger partial charge in [-0.3, -0.25) is 10.1 Å². The van der Waals surface area contributed by atoms with Crippen molar-refractivity contribution in [1.82, 2.24) is 15.0 Å². The van der Waals surface area contributed by atoms with E-state index in [0.29, 0.717) is 15.6 Å². The largest absolute Gasteiger partial charge is 0.264 e. The van der Waals surface area contributed by atoms with Crippen molar-refractivity contribution in [2.24, 2.45) is 0 Å². The van der Waals surface area contributed by atoms with Crippen LogP contribution in [-0.4, -0.2) is 26.5 Å². The average molecular weight is 341 g/mol. The first-order valence-corrected chi connectivity index (χ1v) is 7.82. The Kier molecular flexibility index (Phi) is 4.31. The highest BCUT2D eigenvalue weighted by Crippen LogP contribution is 2.32. The third kappa shape index (κ3) is 2.94. The zero-order valence-electron chi connectivity index (χ0n) is 11.7. The van der Waals surface area contributed by atoms with E-state index in [1.54, 1.807) is 18.2 Å². The van der Waals surface area contributed by atoms with Crippen molar-refractivity contribution in [3.63, 3.8) is 0 Å². The van der Waals surface area contributed by atoms with Crippen molar-refractivity contribution in [2.45, 2.75) is 31.7 Å². The Balaban J connectivity index is 2.07. The topological polar surface area (TPSA) is 73.8 Å². The highest BCUT2D eigenvalue weighted by molar-refractivity contribution is 6.36. The predicted molar refractivity (Wildman–Crippen MR) is 83.1 cm³/mol. The van der Waals surface area contributed by atoms with Crippen LogP contribution in [0.25, 0.3) is 0 Å². The van der Waals surface area contributed by atoms with E-state index in [9.17, 15) is 10.1 Å². The average Bonchev–Trinajstić information content (AvgIpc) is 2.89. The number of nitro groups is 1. The summed E-state index contributed by atoms with van der Waals surface area (Å²) in [4.78, 5) is 12.1. The van der Waals surface area contributed by atoms with Gasteiger partial charge in [0, 0.05) is 20.5 Å². The SMILES string of the molecule is O=[N+]([O-])C[C@H](c1c(Cl)cccc1Cl)n1nc2c(n1)CCCC2. The van der Waals surface area contributed by atoms with Gasteiger partial charge in [-0.05, 0) is 37.8 Å². The molecule has 0 saturated carbocycles. The van der Waals surface area contributed by atoms with Crippen LogP contribution in [0.5, 0.6) is 0 Å². The molecule has 2 aromatic rings.